The van der Waals surface area contributed by atoms with Crippen molar-refractivity contribution in [2.75, 3.05) is 18.2 Å². The maximum Gasteiger partial charge on any atom is 0.211 e. The summed E-state index contributed by atoms with van der Waals surface area (Å²) in [5.74, 6) is 0.0391. The smallest absolute Gasteiger partial charge is 0.211 e. The van der Waals surface area contributed by atoms with E-state index in [0.717, 1.165) is 5.56 Å². The van der Waals surface area contributed by atoms with Crippen LogP contribution in [0, 0.1) is 5.82 Å². The van der Waals surface area contributed by atoms with Crippen LogP contribution in [0.2, 0.25) is 0 Å². The van der Waals surface area contributed by atoms with Gasteiger partial charge in [0.05, 0.1) is 5.75 Å². The topological polar surface area (TPSA) is 46.2 Å². The number of hydrogen-bond acceptors (Lipinski definition) is 2. The summed E-state index contributed by atoms with van der Waals surface area (Å²) in [6.07, 6.45) is 0.898. The van der Waals surface area contributed by atoms with E-state index in [1.54, 1.807) is 12.1 Å². The van der Waals surface area contributed by atoms with E-state index in [1.165, 1.54) is 12.1 Å². The Morgan fingerprint density at radius 1 is 1.35 bits per heavy atom. The van der Waals surface area contributed by atoms with E-state index < -0.39 is 10.0 Å². The second-order valence-corrected chi connectivity index (χ2v) is 5.94. The summed E-state index contributed by atoms with van der Waals surface area (Å²) in [7, 11) is -3.25. The van der Waals surface area contributed by atoms with Crippen LogP contribution in [0.25, 0.3) is 0 Å². The lowest BCUT2D eigenvalue weighted by molar-refractivity contribution is 0.580. The van der Waals surface area contributed by atoms with Gasteiger partial charge in [-0.05, 0) is 30.5 Å². The first-order valence-corrected chi connectivity index (χ1v) is 7.50. The molecular formula is C11H15ClFNO2S. The van der Waals surface area contributed by atoms with Crippen molar-refractivity contribution in [2.24, 2.45) is 0 Å². The third kappa shape index (κ3) is 6.00. The summed E-state index contributed by atoms with van der Waals surface area (Å²) in [5, 5.41) is 0. The summed E-state index contributed by atoms with van der Waals surface area (Å²) in [4.78, 5) is 0. The molecule has 1 aromatic carbocycles. The summed E-state index contributed by atoms with van der Waals surface area (Å²) in [6, 6.07) is 6.12. The van der Waals surface area contributed by atoms with Crippen LogP contribution in [0.5, 0.6) is 0 Å². The van der Waals surface area contributed by atoms with Gasteiger partial charge in [0.25, 0.3) is 0 Å². The molecule has 0 aliphatic heterocycles. The van der Waals surface area contributed by atoms with Crippen molar-refractivity contribution in [3.05, 3.63) is 35.6 Å². The second-order valence-electron chi connectivity index (χ2n) is 3.64. The van der Waals surface area contributed by atoms with Crippen molar-refractivity contribution < 1.29 is 12.8 Å². The Hall–Kier alpha value is -0.650. The Bertz CT molecular complexity index is 451. The maximum atomic E-state index is 12.8. The number of nitrogens with one attached hydrogen (secondary N) is 1. The van der Waals surface area contributed by atoms with Crippen LogP contribution >= 0.6 is 11.6 Å². The fraction of sp³-hybridized carbons (Fsp3) is 0.455. The molecule has 0 spiro atoms. The number of halogens is 2. The molecule has 0 aliphatic carbocycles. The predicted molar refractivity (Wildman–Crippen MR) is 67.2 cm³/mol. The molecular weight excluding hydrogens is 265 g/mol. The third-order valence-corrected chi connectivity index (χ3v) is 3.91. The van der Waals surface area contributed by atoms with Crippen LogP contribution in [-0.2, 0) is 16.4 Å². The number of hydrogen-bond donors (Lipinski definition) is 1. The zero-order chi connectivity index (χ0) is 12.7. The van der Waals surface area contributed by atoms with Gasteiger partial charge in [-0.3, -0.25) is 0 Å². The summed E-state index contributed by atoms with van der Waals surface area (Å²) in [5.41, 5.74) is 0.769. The third-order valence-electron chi connectivity index (χ3n) is 2.17. The molecule has 3 nitrogen and oxygen atoms in total. The van der Waals surface area contributed by atoms with Crippen LogP contribution in [0.3, 0.4) is 0 Å². The molecule has 0 saturated carbocycles. The molecule has 0 saturated heterocycles. The Balaban J connectivity index is 2.37. The minimum absolute atomic E-state index is 0.0274. The van der Waals surface area contributed by atoms with Crippen LogP contribution in [-0.4, -0.2) is 26.6 Å². The van der Waals surface area contributed by atoms with Crippen LogP contribution in [0.1, 0.15) is 12.0 Å². The molecule has 0 fully saturated rings. The van der Waals surface area contributed by atoms with Gasteiger partial charge in [0, 0.05) is 12.4 Å². The molecule has 0 atom stereocenters. The SMILES string of the molecule is O=S(=O)(CCCCl)NCCc1cccc(F)c1. The first-order valence-electron chi connectivity index (χ1n) is 5.31. The monoisotopic (exact) mass is 279 g/mol. The quantitative estimate of drug-likeness (QED) is 0.775. The highest BCUT2D eigenvalue weighted by Crippen LogP contribution is 2.03. The Morgan fingerprint density at radius 3 is 2.76 bits per heavy atom. The van der Waals surface area contributed by atoms with Gasteiger partial charge in [-0.1, -0.05) is 12.1 Å². The molecule has 17 heavy (non-hydrogen) atoms. The number of benzene rings is 1. The molecule has 96 valence electrons. The van der Waals surface area contributed by atoms with E-state index >= 15 is 0 Å². The summed E-state index contributed by atoms with van der Waals surface area (Å²) in [6.45, 7) is 0.272. The zero-order valence-corrected chi connectivity index (χ0v) is 10.9. The average molecular weight is 280 g/mol. The largest absolute Gasteiger partial charge is 0.215 e. The molecule has 0 radical (unpaired) electrons. The van der Waals surface area contributed by atoms with E-state index in [1.807, 2.05) is 0 Å². The lowest BCUT2D eigenvalue weighted by atomic mass is 10.1. The van der Waals surface area contributed by atoms with Gasteiger partial charge in [-0.2, -0.15) is 0 Å². The standard InChI is InChI=1S/C11H15ClFNO2S/c12-6-2-8-17(15,16)14-7-5-10-3-1-4-11(13)9-10/h1,3-4,9,14H,2,5-8H2. The molecule has 1 aromatic rings. The van der Waals surface area contributed by atoms with Gasteiger partial charge in [-0.15, -0.1) is 11.6 Å². The Labute approximate surface area is 106 Å². The predicted octanol–water partition coefficient (Wildman–Crippen LogP) is 1.92. The van der Waals surface area contributed by atoms with E-state index in [4.69, 9.17) is 11.6 Å². The van der Waals surface area contributed by atoms with E-state index in [0.29, 0.717) is 18.7 Å². The Kier molecular flexibility index (Phi) is 5.88. The van der Waals surface area contributed by atoms with E-state index in [9.17, 15) is 12.8 Å². The van der Waals surface area contributed by atoms with E-state index in [2.05, 4.69) is 4.72 Å². The molecule has 0 amide bonds. The lowest BCUT2D eigenvalue weighted by Gasteiger charge is -2.05. The van der Waals surface area contributed by atoms with Gasteiger partial charge in [0.15, 0.2) is 0 Å². The van der Waals surface area contributed by atoms with E-state index in [-0.39, 0.29) is 18.1 Å². The summed E-state index contributed by atoms with van der Waals surface area (Å²) >= 11 is 5.42. The number of rotatable bonds is 7. The summed E-state index contributed by atoms with van der Waals surface area (Å²) < 4.78 is 38.1. The maximum absolute atomic E-state index is 12.8. The second kappa shape index (κ2) is 6.93. The van der Waals surface area contributed by atoms with Gasteiger partial charge in [-0.25, -0.2) is 17.5 Å². The first kappa shape index (κ1) is 14.4. The number of alkyl halides is 1. The molecule has 1 N–H and O–H groups in total. The van der Waals surface area contributed by atoms with Crippen molar-refractivity contribution in [2.45, 2.75) is 12.8 Å². The highest BCUT2D eigenvalue weighted by atomic mass is 35.5. The van der Waals surface area contributed by atoms with Crippen LogP contribution < -0.4 is 4.72 Å². The highest BCUT2D eigenvalue weighted by Gasteiger charge is 2.08. The number of sulfonamides is 1. The van der Waals surface area contributed by atoms with Crippen LogP contribution in [0.4, 0.5) is 4.39 Å². The van der Waals surface area contributed by atoms with Crippen molar-refractivity contribution in [3.8, 4) is 0 Å². The molecule has 0 unspecified atom stereocenters. The van der Waals surface area contributed by atoms with Crippen molar-refractivity contribution in [3.63, 3.8) is 0 Å². The van der Waals surface area contributed by atoms with Gasteiger partial charge < -0.3 is 0 Å². The molecule has 0 bridgehead atoms. The normalized spacial score (nSPS) is 11.6. The van der Waals surface area contributed by atoms with Gasteiger partial charge >= 0.3 is 0 Å². The molecule has 6 heteroatoms. The van der Waals surface area contributed by atoms with Crippen molar-refractivity contribution >= 4 is 21.6 Å². The average Bonchev–Trinajstić information content (AvgIpc) is 2.26. The molecule has 0 aromatic heterocycles. The van der Waals surface area contributed by atoms with Crippen molar-refractivity contribution in [1.82, 2.24) is 4.72 Å². The van der Waals surface area contributed by atoms with Crippen LogP contribution in [0.15, 0.2) is 24.3 Å². The van der Waals surface area contributed by atoms with Gasteiger partial charge in [0.1, 0.15) is 5.82 Å². The van der Waals surface area contributed by atoms with Gasteiger partial charge in [0.2, 0.25) is 10.0 Å². The minimum Gasteiger partial charge on any atom is -0.215 e. The molecule has 1 rings (SSSR count). The lowest BCUT2D eigenvalue weighted by Crippen LogP contribution is -2.28. The molecule has 0 aliphatic rings. The highest BCUT2D eigenvalue weighted by molar-refractivity contribution is 7.89. The first-order chi connectivity index (χ1) is 8.03. The Morgan fingerprint density at radius 2 is 2.12 bits per heavy atom. The fourth-order valence-electron chi connectivity index (χ4n) is 1.36. The fourth-order valence-corrected chi connectivity index (χ4v) is 2.73. The zero-order valence-electron chi connectivity index (χ0n) is 9.33. The van der Waals surface area contributed by atoms with Crippen molar-refractivity contribution in [1.29, 1.82) is 0 Å². The minimum atomic E-state index is -3.25. The molecule has 0 heterocycles.